The number of para-hydroxylation sites is 3. The van der Waals surface area contributed by atoms with Gasteiger partial charge in [-0.05, 0) is 164 Å². The number of benzene rings is 6. The molecule has 0 unspecified atom stereocenters. The van der Waals surface area contributed by atoms with E-state index in [1.165, 1.54) is 100 Å². The van der Waals surface area contributed by atoms with Gasteiger partial charge in [0.2, 0.25) is 0 Å². The molecule has 0 atom stereocenters. The van der Waals surface area contributed by atoms with Crippen LogP contribution < -0.4 is 4.90 Å². The number of nitrogens with zero attached hydrogens (tertiary/aromatic N) is 4. The van der Waals surface area contributed by atoms with Gasteiger partial charge in [0.25, 0.3) is 0 Å². The van der Waals surface area contributed by atoms with Crippen LogP contribution in [0.5, 0.6) is 0 Å². The van der Waals surface area contributed by atoms with Crippen LogP contribution in [0.4, 0.5) is 17.1 Å². The number of aryl methyl sites for hydroxylation is 6. The van der Waals surface area contributed by atoms with E-state index in [0.717, 1.165) is 0 Å². The maximum atomic E-state index is 2.50. The molecule has 0 aliphatic carbocycles. The van der Waals surface area contributed by atoms with Crippen molar-refractivity contribution in [3.8, 4) is 17.1 Å². The van der Waals surface area contributed by atoms with Crippen molar-refractivity contribution in [3.63, 3.8) is 0 Å². The molecular formula is C48H42N4. The number of aromatic nitrogens is 3. The van der Waals surface area contributed by atoms with Crippen LogP contribution in [0.2, 0.25) is 0 Å². The summed E-state index contributed by atoms with van der Waals surface area (Å²) in [6, 6.07) is 46.6. The highest BCUT2D eigenvalue weighted by Crippen LogP contribution is 2.44. The molecule has 0 aliphatic rings. The van der Waals surface area contributed by atoms with E-state index in [2.05, 4.69) is 206 Å². The first-order valence-corrected chi connectivity index (χ1v) is 18.1. The zero-order valence-corrected chi connectivity index (χ0v) is 30.6. The fourth-order valence-electron chi connectivity index (χ4n) is 8.13. The second kappa shape index (κ2) is 12.2. The first-order chi connectivity index (χ1) is 25.3. The summed E-state index contributed by atoms with van der Waals surface area (Å²) >= 11 is 0. The molecule has 0 radical (unpaired) electrons. The highest BCUT2D eigenvalue weighted by molar-refractivity contribution is 5.88. The maximum Gasteiger partial charge on any atom is 0.0528 e. The largest absolute Gasteiger partial charge is 0.316 e. The highest BCUT2D eigenvalue weighted by Gasteiger charge is 2.23. The minimum absolute atomic E-state index is 1.18. The summed E-state index contributed by atoms with van der Waals surface area (Å²) in [5.74, 6) is 0. The van der Waals surface area contributed by atoms with E-state index in [9.17, 15) is 0 Å². The van der Waals surface area contributed by atoms with Crippen LogP contribution in [0.3, 0.4) is 0 Å². The fraction of sp³-hybridized carbons (Fsp3) is 0.125. The number of anilines is 3. The van der Waals surface area contributed by atoms with Gasteiger partial charge < -0.3 is 18.6 Å². The Morgan fingerprint density at radius 3 is 0.923 bits per heavy atom. The molecule has 0 aliphatic heterocycles. The summed E-state index contributed by atoms with van der Waals surface area (Å²) in [6.45, 7) is 13.5. The van der Waals surface area contributed by atoms with Crippen LogP contribution in [0.1, 0.15) is 33.4 Å². The van der Waals surface area contributed by atoms with Gasteiger partial charge in [-0.15, -0.1) is 0 Å². The second-order valence-electron chi connectivity index (χ2n) is 14.3. The third kappa shape index (κ3) is 5.05. The van der Waals surface area contributed by atoms with E-state index in [4.69, 9.17) is 0 Å². The predicted molar refractivity (Wildman–Crippen MR) is 220 cm³/mol. The summed E-state index contributed by atoms with van der Waals surface area (Å²) in [6.07, 6.45) is 6.58. The molecule has 9 aromatic rings. The van der Waals surface area contributed by atoms with Crippen molar-refractivity contribution in [3.05, 3.63) is 179 Å². The van der Waals surface area contributed by atoms with Crippen molar-refractivity contribution in [2.24, 2.45) is 0 Å². The van der Waals surface area contributed by atoms with Crippen LogP contribution in [0, 0.1) is 41.5 Å². The Balaban J connectivity index is 1.24. The van der Waals surface area contributed by atoms with Gasteiger partial charge in [-0.1, -0.05) is 54.6 Å². The lowest BCUT2D eigenvalue weighted by molar-refractivity contribution is 1.07. The van der Waals surface area contributed by atoms with Crippen molar-refractivity contribution in [2.45, 2.75) is 41.5 Å². The summed E-state index contributed by atoms with van der Waals surface area (Å²) < 4.78 is 6.97. The zero-order valence-electron chi connectivity index (χ0n) is 30.6. The standard InChI is InChI=1S/C48H42N4/c1-31-28-46(34(4)25-43(31)49-22-19-37-13-7-10-16-40(37)49)52(47-29-32(2)44(26-35(47)5)50-23-20-38-14-8-11-17-41(38)50)48-30-33(3)45(27-36(48)6)51-24-21-39-15-9-12-18-42(39)51/h7-30H,1-6H3. The van der Waals surface area contributed by atoms with Crippen LogP contribution in [-0.2, 0) is 0 Å². The first-order valence-electron chi connectivity index (χ1n) is 18.1. The minimum Gasteiger partial charge on any atom is -0.316 e. The number of hydrogen-bond acceptors (Lipinski definition) is 1. The summed E-state index contributed by atoms with van der Waals surface area (Å²) in [7, 11) is 0. The Hall–Kier alpha value is -6.26. The molecule has 52 heavy (non-hydrogen) atoms. The third-order valence-corrected chi connectivity index (χ3v) is 10.8. The molecule has 4 heteroatoms. The van der Waals surface area contributed by atoms with Gasteiger partial charge in [0.1, 0.15) is 0 Å². The highest BCUT2D eigenvalue weighted by atomic mass is 15.2. The van der Waals surface area contributed by atoms with Gasteiger partial charge in [-0.25, -0.2) is 0 Å². The Morgan fingerprint density at radius 1 is 0.327 bits per heavy atom. The summed E-state index contributed by atoms with van der Waals surface area (Å²) in [5, 5.41) is 3.73. The number of rotatable bonds is 6. The average Bonchev–Trinajstić information content (AvgIpc) is 3.89. The van der Waals surface area contributed by atoms with Gasteiger partial charge in [-0.2, -0.15) is 0 Å². The van der Waals surface area contributed by atoms with Crippen molar-refractivity contribution in [1.82, 2.24) is 13.7 Å². The van der Waals surface area contributed by atoms with E-state index in [1.807, 2.05) is 0 Å². The summed E-state index contributed by atoms with van der Waals surface area (Å²) in [5.41, 5.74) is 18.1. The predicted octanol–water partition coefficient (Wildman–Crippen LogP) is 12.8. The van der Waals surface area contributed by atoms with E-state index < -0.39 is 0 Å². The van der Waals surface area contributed by atoms with E-state index in [0.29, 0.717) is 0 Å². The topological polar surface area (TPSA) is 18.0 Å². The van der Waals surface area contributed by atoms with Crippen molar-refractivity contribution in [2.75, 3.05) is 4.90 Å². The molecule has 0 amide bonds. The lowest BCUT2D eigenvalue weighted by atomic mass is 10.00. The quantitative estimate of drug-likeness (QED) is 0.172. The van der Waals surface area contributed by atoms with Crippen LogP contribution in [0.15, 0.2) is 146 Å². The van der Waals surface area contributed by atoms with Gasteiger partial charge in [-0.3, -0.25) is 0 Å². The van der Waals surface area contributed by atoms with Crippen LogP contribution >= 0.6 is 0 Å². The maximum absolute atomic E-state index is 2.50. The first kappa shape index (κ1) is 31.7. The molecule has 0 saturated heterocycles. The molecule has 0 bridgehead atoms. The van der Waals surface area contributed by atoms with Gasteiger partial charge >= 0.3 is 0 Å². The molecule has 254 valence electrons. The van der Waals surface area contributed by atoms with E-state index in [1.54, 1.807) is 0 Å². The van der Waals surface area contributed by atoms with Crippen molar-refractivity contribution in [1.29, 1.82) is 0 Å². The molecule has 6 aromatic carbocycles. The SMILES string of the molecule is Cc1cc(-n2ccc3ccccc32)c(C)cc1N(c1cc(C)c(-n2ccc3ccccc32)cc1C)c1cc(C)c(-n2ccc3ccccc32)cc1C. The summed E-state index contributed by atoms with van der Waals surface area (Å²) in [4.78, 5) is 2.50. The number of fused-ring (bicyclic) bond motifs is 3. The average molecular weight is 675 g/mol. The smallest absolute Gasteiger partial charge is 0.0528 e. The normalized spacial score (nSPS) is 11.7. The van der Waals surface area contributed by atoms with Gasteiger partial charge in [0, 0.05) is 52.7 Å². The van der Waals surface area contributed by atoms with Gasteiger partial charge in [0.05, 0.1) is 16.6 Å². The Kier molecular flexibility index (Phi) is 7.44. The Bertz CT molecular complexity index is 2510. The van der Waals surface area contributed by atoms with Crippen molar-refractivity contribution < 1.29 is 0 Å². The molecule has 0 N–H and O–H groups in total. The van der Waals surface area contributed by atoms with Crippen LogP contribution in [0.25, 0.3) is 49.8 Å². The molecule has 0 spiro atoms. The van der Waals surface area contributed by atoms with Crippen LogP contribution in [-0.4, -0.2) is 13.7 Å². The molecule has 9 rings (SSSR count). The van der Waals surface area contributed by atoms with Gasteiger partial charge in [0.15, 0.2) is 0 Å². The Morgan fingerprint density at radius 2 is 0.615 bits per heavy atom. The minimum atomic E-state index is 1.18. The lowest BCUT2D eigenvalue weighted by Crippen LogP contribution is -2.16. The Labute approximate surface area is 305 Å². The molecular weight excluding hydrogens is 633 g/mol. The lowest BCUT2D eigenvalue weighted by Gasteiger charge is -2.32. The third-order valence-electron chi connectivity index (χ3n) is 10.8. The second-order valence-corrected chi connectivity index (χ2v) is 14.3. The monoisotopic (exact) mass is 674 g/mol. The number of hydrogen-bond donors (Lipinski definition) is 0. The molecule has 0 saturated carbocycles. The van der Waals surface area contributed by atoms with E-state index in [-0.39, 0.29) is 0 Å². The molecule has 3 aromatic heterocycles. The fourth-order valence-corrected chi connectivity index (χ4v) is 8.13. The molecule has 0 fully saturated rings. The molecule has 4 nitrogen and oxygen atoms in total. The molecule has 3 heterocycles. The zero-order chi connectivity index (χ0) is 35.7. The van der Waals surface area contributed by atoms with Crippen molar-refractivity contribution >= 4 is 49.8 Å². The van der Waals surface area contributed by atoms with E-state index >= 15 is 0 Å².